The lowest BCUT2D eigenvalue weighted by atomic mass is 10.5. The minimum atomic E-state index is -1.36. The van der Waals surface area contributed by atoms with Crippen molar-refractivity contribution in [2.24, 2.45) is 0 Å². The van der Waals surface area contributed by atoms with Gasteiger partial charge in [-0.25, -0.2) is 0 Å². The topological polar surface area (TPSA) is 40.5 Å². The van der Waals surface area contributed by atoms with E-state index in [-0.39, 0.29) is 251 Å². The van der Waals surface area contributed by atoms with E-state index < -0.39 is 17.5 Å². The van der Waals surface area contributed by atoms with Crippen LogP contribution in [-0.4, -0.2) is 279 Å². The second kappa shape index (κ2) is 770. The molecule has 984 valence electrons. The summed E-state index contributed by atoms with van der Waals surface area (Å²) in [5, 5.41) is 25.5. The zero-order valence-corrected chi connectivity index (χ0v) is 145. The molecule has 2 N–H and O–H groups in total. The first-order valence-corrected chi connectivity index (χ1v) is 77.8. The summed E-state index contributed by atoms with van der Waals surface area (Å²) in [6.45, 7) is -0.848. The summed E-state index contributed by atoms with van der Waals surface area (Å²) in [7, 11) is 0. The molecule has 0 heterocycles. The first kappa shape index (κ1) is 329. The lowest BCUT2D eigenvalue weighted by molar-refractivity contribution is 0.208. The van der Waals surface area contributed by atoms with Crippen LogP contribution < -0.4 is 0 Å². The lowest BCUT2D eigenvalue weighted by Gasteiger charge is -2.10. The maximum atomic E-state index is 8.17. The molecule has 0 amide bonds. The molecule has 0 saturated carbocycles. The van der Waals surface area contributed by atoms with Crippen molar-refractivity contribution in [2.75, 3.05) is 264 Å². The van der Waals surface area contributed by atoms with Gasteiger partial charge in [0.1, 0.15) is 0 Å². The minimum absolute atomic E-state index is 0.194. The van der Waals surface area contributed by atoms with E-state index in [1.165, 1.54) is 0 Å². The molecule has 0 aliphatic carbocycles. The maximum absolute atomic E-state index is 8.17. The van der Waals surface area contributed by atoms with E-state index in [0.717, 1.165) is 0 Å². The van der Waals surface area contributed by atoms with E-state index in [2.05, 4.69) is 0 Å². The van der Waals surface area contributed by atoms with Gasteiger partial charge in [0, 0.05) is 0 Å². The molecule has 0 fully saturated rings. The van der Waals surface area contributed by atoms with Gasteiger partial charge in [0.15, 0.2) is 4.33 Å². The van der Waals surface area contributed by atoms with Crippen LogP contribution in [0.4, 0.5) is 0 Å². The normalized spacial score (nSPS) is 6.28. The molecule has 0 unspecified atom stereocenters. The van der Waals surface area contributed by atoms with Gasteiger partial charge < -0.3 is 10.2 Å². The fourth-order valence-corrected chi connectivity index (χ4v) is 0.0500. The van der Waals surface area contributed by atoms with Gasteiger partial charge in [-0.2, -0.15) is 0 Å². The molecule has 0 aromatic rings. The average Bonchev–Trinajstić information content (AvgIpc) is 3.78. The van der Waals surface area contributed by atoms with Crippen molar-refractivity contribution in [1.82, 2.24) is 0 Å². The van der Waals surface area contributed by atoms with Crippen molar-refractivity contribution in [2.45, 2.75) is 4.33 Å². The highest BCUT2D eigenvalue weighted by Gasteiger charge is 2.20. The third kappa shape index (κ3) is 4550. The first-order valence-electron chi connectivity index (χ1n) is 26.8. The Labute approximate surface area is 1370 Å². The molecule has 0 atom stereocenters. The Hall–Kier alpha value is 27.8. The largest absolute Gasteiger partial charge is 0.393 e. The number of halogens is 96. The highest BCUT2D eigenvalue weighted by Crippen LogP contribution is 2.17. The molecule has 0 aromatic carbocycles. The molecular weight excluding hydrogens is 4040 g/mol. The minimum Gasteiger partial charge on any atom is -0.393 e. The van der Waals surface area contributed by atoms with Gasteiger partial charge in [-0.1, -0.05) is 23.2 Å². The van der Waals surface area contributed by atoms with Crippen LogP contribution in [0.3, 0.4) is 0 Å². The van der Waals surface area contributed by atoms with Crippen LogP contribution in [0.15, 0.2) is 0 Å². The molecule has 0 aliphatic heterocycles. The van der Waals surface area contributed by atoms with Crippen molar-refractivity contribution < 1.29 is 10.2 Å². The summed E-state index contributed by atoms with van der Waals surface area (Å²) >= 11 is 458. The Bertz CT molecular complexity index is 516. The molecule has 0 spiro atoms. The molecule has 0 radical (unpaired) electrons. The van der Waals surface area contributed by atoms with Crippen molar-refractivity contribution in [3.05, 3.63) is 0 Å². The van der Waals surface area contributed by atoms with Crippen LogP contribution in [0.2, 0.25) is 0 Å². The smallest absolute Gasteiger partial charge is 0.163 e. The Kier molecular flexibility index (Phi) is 1710. The van der Waals surface area contributed by atoms with Crippen molar-refractivity contribution in [3.63, 3.8) is 0 Å². The average molecular weight is 4140 g/mol. The Morgan fingerprint density at radius 1 is 0.0676 bits per heavy atom. The van der Waals surface area contributed by atoms with E-state index >= 15 is 0 Å². The van der Waals surface area contributed by atoms with E-state index in [9.17, 15) is 0 Å². The van der Waals surface area contributed by atoms with Crippen LogP contribution in [-0.2, 0) is 0 Å². The fourth-order valence-electron chi connectivity index (χ4n) is 0.0500. The van der Waals surface area contributed by atoms with E-state index in [0.29, 0.717) is 0 Å². The molecule has 0 bridgehead atoms. The van der Waals surface area contributed by atoms with Crippen molar-refractivity contribution >= 4 is 1110 Å². The van der Waals surface area contributed by atoms with Gasteiger partial charge in [0.2, 0.25) is 0 Å². The van der Waals surface area contributed by atoms with Crippen LogP contribution in [0, 0.1) is 0 Å². The first-order chi connectivity index (χ1) is 69.6. The Morgan fingerprint density at radius 2 is 0.0811 bits per heavy atom. The summed E-state index contributed by atoms with van der Waals surface area (Å²) in [6, 6.07) is 0. The second-order valence-electron chi connectivity index (χ2n) is 5.92. The molecule has 0 aromatic heterocycles. The number of rotatable bonds is 2. The fraction of sp³-hybridized carbons (Fsp3) is 1.00. The van der Waals surface area contributed by atoms with Gasteiger partial charge in [-0.3, -0.25) is 0 Å². The van der Waals surface area contributed by atoms with Gasteiger partial charge in [0.25, 0.3) is 0 Å². The standard InChI is InChI=1S/C3H6Cl2O2.47CH2Cl2/c4-3(5,1-6)2-7;47*2-1-3/h6-7H,1-2H2;47*1H2. The quantitative estimate of drug-likeness (QED) is 0.271. The maximum Gasteiger partial charge on any atom is 0.163 e. The van der Waals surface area contributed by atoms with Crippen LogP contribution in [0.25, 0.3) is 0 Å². The SMILES string of the molecule is ClCCl.ClCCl.ClCCl.ClCCl.ClCCl.ClCCl.ClCCl.ClCCl.ClCCl.ClCCl.ClCCl.ClCCl.ClCCl.ClCCl.ClCCl.ClCCl.ClCCl.ClCCl.ClCCl.ClCCl.ClCCl.ClCCl.ClCCl.ClCCl.ClCCl.ClCCl.ClCCl.ClCCl.ClCCl.ClCCl.ClCCl.ClCCl.ClCCl.ClCCl.ClCCl.ClCCl.ClCCl.ClCCl.ClCCl.ClCCl.ClCCl.ClCCl.ClCCl.ClCCl.ClCCl.ClCCl.ClCCl.OCC(Cl)(Cl)CO. The zero-order chi connectivity index (χ0) is 133. The molecular formula is C50H100Cl96O2. The van der Waals surface area contributed by atoms with E-state index in [1.54, 1.807) is 0 Å². The molecule has 0 aliphatic rings. The van der Waals surface area contributed by atoms with E-state index in [4.69, 9.17) is 1120 Å². The van der Waals surface area contributed by atoms with Crippen LogP contribution in [0.5, 0.6) is 0 Å². The van der Waals surface area contributed by atoms with Crippen molar-refractivity contribution in [3.8, 4) is 0 Å². The number of aliphatic hydroxyl groups excluding tert-OH is 2. The van der Waals surface area contributed by atoms with Gasteiger partial charge in [0.05, 0.1) is 264 Å². The van der Waals surface area contributed by atoms with Crippen molar-refractivity contribution in [1.29, 1.82) is 0 Å². The summed E-state index contributed by atoms with van der Waals surface area (Å²) < 4.78 is -1.36. The van der Waals surface area contributed by atoms with Gasteiger partial charge >= 0.3 is 0 Å². The van der Waals surface area contributed by atoms with Crippen LogP contribution in [0.1, 0.15) is 0 Å². The summed E-state index contributed by atoms with van der Waals surface area (Å²) in [5.41, 5.74) is 0. The Balaban J connectivity index is -0.0000000150. The monoisotopic (exact) mass is 4090 g/mol. The predicted octanol–water partition coefficient (Wildman–Crippen LogP) is 67.0. The Morgan fingerprint density at radius 3 is 0.0811 bits per heavy atom. The second-order valence-corrected chi connectivity index (χ2v) is 45.5. The lowest BCUT2D eigenvalue weighted by Crippen LogP contribution is -2.22. The van der Waals surface area contributed by atoms with Gasteiger partial charge in [-0.05, 0) is 0 Å². The molecule has 98 heteroatoms. The predicted molar refractivity (Wildman–Crippen MR) is 808 cm³/mol. The molecule has 0 saturated heterocycles. The highest BCUT2D eigenvalue weighted by molar-refractivity contribution is 6.54. The number of alkyl halides is 96. The third-order valence-electron chi connectivity index (χ3n) is 0.463. The number of hydrogen-bond donors (Lipinski definition) is 2. The summed E-state index contributed by atoms with van der Waals surface area (Å²) in [5.74, 6) is 0. The number of hydrogen-bond acceptors (Lipinski definition) is 2. The molecule has 148 heavy (non-hydrogen) atoms. The summed E-state index contributed by atoms with van der Waals surface area (Å²) in [4.78, 5) is 0. The molecule has 2 nitrogen and oxygen atoms in total. The highest BCUT2D eigenvalue weighted by atomic mass is 35.6. The summed E-state index contributed by atoms with van der Waals surface area (Å²) in [6.07, 6.45) is 0. The zero-order valence-electron chi connectivity index (χ0n) is 72.3. The van der Waals surface area contributed by atoms with Gasteiger partial charge in [-0.15, -0.1) is 1090 Å². The third-order valence-corrected chi connectivity index (χ3v) is 0.941. The molecule has 0 rings (SSSR count). The number of aliphatic hydroxyl groups is 2. The van der Waals surface area contributed by atoms with E-state index in [1.807, 2.05) is 0 Å². The van der Waals surface area contributed by atoms with Crippen LogP contribution >= 0.6 is 1110 Å².